The van der Waals surface area contributed by atoms with E-state index < -0.39 is 89.6 Å². The van der Waals surface area contributed by atoms with E-state index in [1.807, 2.05) is 26.0 Å². The van der Waals surface area contributed by atoms with Crippen LogP contribution in [0.15, 0.2) is 47.6 Å². The number of carbonyl (C=O) groups excluding carboxylic acids is 5. The van der Waals surface area contributed by atoms with Gasteiger partial charge in [-0.2, -0.15) is 0 Å². The average Bonchev–Trinajstić information content (AvgIpc) is 3.25. The van der Waals surface area contributed by atoms with Gasteiger partial charge in [-0.1, -0.05) is 71.1 Å². The number of ketones is 3. The molecule has 3 fully saturated rings. The minimum atomic E-state index is -2.49. The Labute approximate surface area is 373 Å². The van der Waals surface area contributed by atoms with Gasteiger partial charge in [0.25, 0.3) is 11.7 Å². The number of hydrogen-bond acceptors (Lipinski definition) is 13. The van der Waals surface area contributed by atoms with Crippen LogP contribution in [0.4, 0.5) is 0 Å². The molecule has 15 unspecified atom stereocenters. The van der Waals surface area contributed by atoms with Gasteiger partial charge in [0.1, 0.15) is 30.1 Å². The highest BCUT2D eigenvalue weighted by atomic mass is 16.6. The molecule has 5 N–H and O–H groups in total. The summed E-state index contributed by atoms with van der Waals surface area (Å²) in [6, 6.07) is -1.17. The van der Waals surface area contributed by atoms with E-state index in [9.17, 15) is 49.5 Å². The fraction of sp³-hybridized carbons (Fsp3) is 0.735. The van der Waals surface area contributed by atoms with Crippen molar-refractivity contribution in [1.82, 2.24) is 4.90 Å². The number of allylic oxidation sites excluding steroid dienone is 6. The number of cyclic esters (lactones) is 1. The summed E-state index contributed by atoms with van der Waals surface area (Å²) in [5, 5.41) is 55.4. The van der Waals surface area contributed by atoms with Crippen LogP contribution in [0.2, 0.25) is 0 Å². The van der Waals surface area contributed by atoms with E-state index in [1.165, 1.54) is 6.08 Å². The Morgan fingerprint density at radius 2 is 1.57 bits per heavy atom. The van der Waals surface area contributed by atoms with Crippen LogP contribution in [0.5, 0.6) is 0 Å². The molecule has 1 amide bonds. The maximum atomic E-state index is 14.3. The minimum absolute atomic E-state index is 0.0566. The second-order valence-electron chi connectivity index (χ2n) is 19.2. The molecule has 15 atom stereocenters. The van der Waals surface area contributed by atoms with E-state index >= 15 is 0 Å². The topological polar surface area (TPSA) is 217 Å². The number of piperidine rings is 1. The SMILES string of the molecule is COC1CC(CC(C)C2CC(=O)C(C)/C=C(\C)C(O)C(O)C(=O)C(C)CC(C)/C=C/C=C/C=C(\C)C(O)CC3CCC(C)C(O)(O3)C(=O)C(=O)N3CCCCC3C(=O)O2)CCC1O. The molecule has 4 rings (SSSR count). The van der Waals surface area contributed by atoms with E-state index in [-0.39, 0.29) is 61.0 Å². The van der Waals surface area contributed by atoms with Gasteiger partial charge in [-0.25, -0.2) is 4.79 Å². The first-order chi connectivity index (χ1) is 29.7. The lowest BCUT2D eigenvalue weighted by molar-refractivity contribution is -0.265. The number of carbonyl (C=O) groups is 5. The molecule has 14 heteroatoms. The van der Waals surface area contributed by atoms with Gasteiger partial charge in [-0.3, -0.25) is 19.2 Å². The summed E-state index contributed by atoms with van der Waals surface area (Å²) >= 11 is 0. The van der Waals surface area contributed by atoms with Crippen molar-refractivity contribution in [2.45, 2.75) is 180 Å². The standard InChI is InChI=1S/C49H75NO13/c1-28-14-10-9-11-15-29(2)39(52)26-36-19-17-34(7)49(60,63-36)46(57)47(58)50-21-13-12-16-37(50)48(59)62-41(31(4)24-35-18-20-38(51)42(25-35)61-8)27-40(53)30(3)23-33(6)44(55)45(56)43(54)32(5)22-28/h9-11,14-15,23,28,30-32,34-39,41-42,44-45,51-52,55-56,60H,12-13,16-22,24-27H2,1-8H3/b11-9+,14-10+,29-15+,33-23+. The number of nitrogens with zero attached hydrogens (tertiary/aromatic N) is 1. The van der Waals surface area contributed by atoms with Gasteiger partial charge in [0, 0.05) is 44.2 Å². The van der Waals surface area contributed by atoms with Crippen molar-refractivity contribution in [2.75, 3.05) is 13.7 Å². The Hall–Kier alpha value is -3.37. The number of ether oxygens (including phenoxy) is 3. The van der Waals surface area contributed by atoms with Crippen LogP contribution in [-0.4, -0.2) is 128 Å². The molecule has 0 aromatic heterocycles. The van der Waals surface area contributed by atoms with E-state index in [2.05, 4.69) is 0 Å². The summed E-state index contributed by atoms with van der Waals surface area (Å²) in [5.74, 6) is -8.87. The summed E-state index contributed by atoms with van der Waals surface area (Å²) in [6.07, 6.45) is 8.19. The van der Waals surface area contributed by atoms with Crippen molar-refractivity contribution in [1.29, 1.82) is 0 Å². The summed E-state index contributed by atoms with van der Waals surface area (Å²) < 4.78 is 17.7. The quantitative estimate of drug-likeness (QED) is 0.145. The molecule has 63 heavy (non-hydrogen) atoms. The number of amides is 1. The van der Waals surface area contributed by atoms with Crippen molar-refractivity contribution < 1.29 is 63.7 Å². The molecule has 2 saturated heterocycles. The molecule has 0 radical (unpaired) electrons. The van der Waals surface area contributed by atoms with E-state index in [1.54, 1.807) is 60.0 Å². The van der Waals surface area contributed by atoms with Crippen molar-refractivity contribution in [3.8, 4) is 0 Å². The first-order valence-corrected chi connectivity index (χ1v) is 23.2. The van der Waals surface area contributed by atoms with Gasteiger partial charge < -0.3 is 44.6 Å². The Kier molecular flexibility index (Phi) is 19.7. The molecule has 0 aromatic rings. The van der Waals surface area contributed by atoms with Gasteiger partial charge in [0.2, 0.25) is 5.79 Å². The fourth-order valence-corrected chi connectivity index (χ4v) is 9.62. The third kappa shape index (κ3) is 13.8. The smallest absolute Gasteiger partial charge is 0.329 e. The molecule has 1 aliphatic carbocycles. The highest BCUT2D eigenvalue weighted by Crippen LogP contribution is 2.37. The van der Waals surface area contributed by atoms with E-state index in [0.717, 1.165) is 4.90 Å². The summed E-state index contributed by atoms with van der Waals surface area (Å²) in [7, 11) is 1.55. The Balaban J connectivity index is 1.67. The molecule has 3 heterocycles. The van der Waals surface area contributed by atoms with Crippen LogP contribution in [0.3, 0.4) is 0 Å². The van der Waals surface area contributed by atoms with E-state index in [0.29, 0.717) is 63.4 Å². The summed E-state index contributed by atoms with van der Waals surface area (Å²) in [6.45, 7) is 12.1. The van der Waals surface area contributed by atoms with Gasteiger partial charge in [0.15, 0.2) is 5.78 Å². The number of aliphatic hydroxyl groups is 5. The van der Waals surface area contributed by atoms with Crippen molar-refractivity contribution >= 4 is 29.2 Å². The molecule has 1 saturated carbocycles. The molecule has 354 valence electrons. The predicted molar refractivity (Wildman–Crippen MR) is 236 cm³/mol. The van der Waals surface area contributed by atoms with Crippen LogP contribution >= 0.6 is 0 Å². The fourth-order valence-electron chi connectivity index (χ4n) is 9.62. The number of methoxy groups -OCH3 is 1. The van der Waals surface area contributed by atoms with Gasteiger partial charge in [-0.05, 0) is 107 Å². The third-order valence-electron chi connectivity index (χ3n) is 14.0. The number of fused-ring (bicyclic) bond motifs is 3. The number of Topliss-reactive ketones (excluding diaryl/α,β-unsaturated/α-hetero) is 3. The number of esters is 1. The minimum Gasteiger partial charge on any atom is -0.460 e. The largest absolute Gasteiger partial charge is 0.460 e. The van der Waals surface area contributed by atoms with Gasteiger partial charge >= 0.3 is 5.97 Å². The summed E-state index contributed by atoms with van der Waals surface area (Å²) in [5.41, 5.74) is 0.841. The highest BCUT2D eigenvalue weighted by Gasteiger charge is 2.53. The first kappa shape index (κ1) is 52.3. The lowest BCUT2D eigenvalue weighted by Gasteiger charge is -2.42. The molecule has 4 aliphatic rings. The van der Waals surface area contributed by atoms with Crippen LogP contribution in [0, 0.1) is 35.5 Å². The zero-order valence-corrected chi connectivity index (χ0v) is 38.7. The highest BCUT2D eigenvalue weighted by molar-refractivity contribution is 6.39. The molecule has 0 aromatic carbocycles. The molecule has 0 spiro atoms. The maximum absolute atomic E-state index is 14.3. The normalized spacial score (nSPS) is 41.3. The van der Waals surface area contributed by atoms with Crippen molar-refractivity contribution in [3.05, 3.63) is 47.6 Å². The number of aliphatic hydroxyl groups excluding tert-OH is 4. The number of hydrogen-bond donors (Lipinski definition) is 5. The molecular weight excluding hydrogens is 811 g/mol. The third-order valence-corrected chi connectivity index (χ3v) is 14.0. The lowest BCUT2D eigenvalue weighted by Crippen LogP contribution is -2.61. The monoisotopic (exact) mass is 886 g/mol. The van der Waals surface area contributed by atoms with Crippen LogP contribution in [0.25, 0.3) is 0 Å². The Bertz CT molecular complexity index is 1720. The van der Waals surface area contributed by atoms with Crippen LogP contribution in [-0.2, 0) is 38.2 Å². The molecule has 2 bridgehead atoms. The van der Waals surface area contributed by atoms with E-state index in [4.69, 9.17) is 14.2 Å². The predicted octanol–water partition coefficient (Wildman–Crippen LogP) is 4.87. The number of rotatable bonds is 4. The molecular formula is C49H75NO13. The average molecular weight is 886 g/mol. The molecule has 14 nitrogen and oxygen atoms in total. The van der Waals surface area contributed by atoms with Gasteiger partial charge in [-0.15, -0.1) is 0 Å². The molecule has 3 aliphatic heterocycles. The summed E-state index contributed by atoms with van der Waals surface area (Å²) in [4.78, 5) is 70.9. The maximum Gasteiger partial charge on any atom is 0.329 e. The Morgan fingerprint density at radius 3 is 2.27 bits per heavy atom. The zero-order valence-electron chi connectivity index (χ0n) is 38.7. The van der Waals surface area contributed by atoms with Crippen LogP contribution in [0.1, 0.15) is 126 Å². The first-order valence-electron chi connectivity index (χ1n) is 23.2. The van der Waals surface area contributed by atoms with Crippen LogP contribution < -0.4 is 0 Å². The second kappa shape index (κ2) is 23.7. The zero-order chi connectivity index (χ0) is 46.8. The van der Waals surface area contributed by atoms with Crippen molar-refractivity contribution in [3.63, 3.8) is 0 Å². The Morgan fingerprint density at radius 1 is 0.857 bits per heavy atom. The van der Waals surface area contributed by atoms with Crippen molar-refractivity contribution in [2.24, 2.45) is 35.5 Å². The second-order valence-corrected chi connectivity index (χ2v) is 19.2. The lowest BCUT2D eigenvalue weighted by atomic mass is 9.78. The van der Waals surface area contributed by atoms with Gasteiger partial charge in [0.05, 0.1) is 24.4 Å².